The van der Waals surface area contributed by atoms with E-state index in [4.69, 9.17) is 5.73 Å². The first kappa shape index (κ1) is 12.4. The van der Waals surface area contributed by atoms with E-state index in [-0.39, 0.29) is 0 Å². The van der Waals surface area contributed by atoms with E-state index >= 15 is 0 Å². The molecule has 1 aromatic carbocycles. The molecule has 1 aromatic rings. The summed E-state index contributed by atoms with van der Waals surface area (Å²) in [5.74, 6) is 0.344. The van der Waals surface area contributed by atoms with Gasteiger partial charge in [-0.15, -0.1) is 0 Å². The lowest BCUT2D eigenvalue weighted by atomic mass is 9.95. The fraction of sp³-hybridized carbons (Fsp3) is 0.571. The number of hydrogen-bond donors (Lipinski definition) is 2. The van der Waals surface area contributed by atoms with Gasteiger partial charge < -0.3 is 10.8 Å². The summed E-state index contributed by atoms with van der Waals surface area (Å²) in [7, 11) is 0. The van der Waals surface area contributed by atoms with Crippen LogP contribution in [0, 0.1) is 0 Å². The van der Waals surface area contributed by atoms with Gasteiger partial charge in [-0.1, -0.05) is 18.6 Å². The van der Waals surface area contributed by atoms with Gasteiger partial charge in [-0.25, -0.2) is 0 Å². The molecule has 2 atom stereocenters. The van der Waals surface area contributed by atoms with E-state index in [1.165, 1.54) is 19.3 Å². The summed E-state index contributed by atoms with van der Waals surface area (Å²) >= 11 is 0. The van der Waals surface area contributed by atoms with Crippen molar-refractivity contribution in [3.63, 3.8) is 0 Å². The first-order chi connectivity index (χ1) is 8.20. The molecule has 1 saturated heterocycles. The summed E-state index contributed by atoms with van der Waals surface area (Å²) in [6.45, 7) is 3.88. The van der Waals surface area contributed by atoms with Crippen molar-refractivity contribution in [2.75, 3.05) is 6.54 Å². The molecule has 0 aromatic heterocycles. The smallest absolute Gasteiger partial charge is 0.115 e. The Labute approximate surface area is 103 Å². The zero-order valence-electron chi connectivity index (χ0n) is 10.5. The van der Waals surface area contributed by atoms with Crippen molar-refractivity contribution in [1.29, 1.82) is 0 Å². The number of piperidine rings is 1. The van der Waals surface area contributed by atoms with Gasteiger partial charge in [-0.3, -0.25) is 4.90 Å². The fourth-order valence-electron chi connectivity index (χ4n) is 2.74. The minimum absolute atomic E-state index is 0.344. The van der Waals surface area contributed by atoms with E-state index in [2.05, 4.69) is 17.9 Å². The van der Waals surface area contributed by atoms with Crippen molar-refractivity contribution in [3.05, 3.63) is 29.8 Å². The summed E-state index contributed by atoms with van der Waals surface area (Å²) in [6.07, 6.45) is 3.72. The predicted octanol–water partition coefficient (Wildman–Crippen LogP) is 2.09. The highest BCUT2D eigenvalue weighted by Gasteiger charge is 2.26. The molecule has 2 unspecified atom stereocenters. The van der Waals surface area contributed by atoms with Gasteiger partial charge in [-0.05, 0) is 37.5 Å². The van der Waals surface area contributed by atoms with Crippen molar-refractivity contribution < 1.29 is 5.11 Å². The molecule has 0 amide bonds. The van der Waals surface area contributed by atoms with Crippen molar-refractivity contribution in [2.45, 2.75) is 44.8 Å². The Morgan fingerprint density at radius 1 is 1.41 bits per heavy atom. The predicted molar refractivity (Wildman–Crippen MR) is 69.8 cm³/mol. The van der Waals surface area contributed by atoms with Crippen LogP contribution >= 0.6 is 0 Å². The second kappa shape index (κ2) is 5.52. The zero-order chi connectivity index (χ0) is 12.3. The second-order valence-electron chi connectivity index (χ2n) is 5.01. The molecule has 2 rings (SSSR count). The molecule has 0 spiro atoms. The molecule has 3 nitrogen and oxygen atoms in total. The third kappa shape index (κ3) is 2.99. The summed E-state index contributed by atoms with van der Waals surface area (Å²) in [4.78, 5) is 2.47. The number of nitrogens with zero attached hydrogens (tertiary/aromatic N) is 1. The van der Waals surface area contributed by atoms with Crippen molar-refractivity contribution in [3.8, 4) is 5.75 Å². The van der Waals surface area contributed by atoms with Crippen LogP contribution in [0.2, 0.25) is 0 Å². The van der Waals surface area contributed by atoms with Gasteiger partial charge >= 0.3 is 0 Å². The Bertz CT molecular complexity index is 367. The van der Waals surface area contributed by atoms with E-state index in [1.807, 2.05) is 12.1 Å². The molecule has 3 heteroatoms. The number of phenols is 1. The number of rotatable bonds is 3. The van der Waals surface area contributed by atoms with E-state index in [0.29, 0.717) is 17.8 Å². The molecular formula is C14H22N2O. The van der Waals surface area contributed by atoms with E-state index in [9.17, 15) is 5.11 Å². The normalized spacial score (nSPS) is 26.0. The fourth-order valence-corrected chi connectivity index (χ4v) is 2.74. The van der Waals surface area contributed by atoms with Gasteiger partial charge in [0, 0.05) is 25.2 Å². The second-order valence-corrected chi connectivity index (χ2v) is 5.01. The first-order valence-electron chi connectivity index (χ1n) is 6.44. The zero-order valence-corrected chi connectivity index (χ0v) is 10.5. The van der Waals surface area contributed by atoms with Crippen LogP contribution in [0.5, 0.6) is 5.75 Å². The highest BCUT2D eigenvalue weighted by molar-refractivity contribution is 5.27. The van der Waals surface area contributed by atoms with E-state index < -0.39 is 0 Å². The van der Waals surface area contributed by atoms with Gasteiger partial charge in [0.1, 0.15) is 5.75 Å². The molecule has 1 fully saturated rings. The van der Waals surface area contributed by atoms with Crippen LogP contribution in [-0.2, 0) is 6.54 Å². The van der Waals surface area contributed by atoms with Crippen LogP contribution in [0.15, 0.2) is 24.3 Å². The monoisotopic (exact) mass is 234 g/mol. The summed E-state index contributed by atoms with van der Waals surface area (Å²) in [5, 5.41) is 9.49. The van der Waals surface area contributed by atoms with Crippen LogP contribution in [0.4, 0.5) is 0 Å². The minimum Gasteiger partial charge on any atom is -0.508 e. The van der Waals surface area contributed by atoms with Gasteiger partial charge in [0.25, 0.3) is 0 Å². The Morgan fingerprint density at radius 2 is 2.24 bits per heavy atom. The molecule has 94 valence electrons. The Balaban J connectivity index is 2.09. The van der Waals surface area contributed by atoms with E-state index in [0.717, 1.165) is 18.7 Å². The number of hydrogen-bond acceptors (Lipinski definition) is 3. The molecule has 3 N–H and O–H groups in total. The lowest BCUT2D eigenvalue weighted by Gasteiger charge is -2.40. The SMILES string of the molecule is CC1CCCC(CN)N1Cc1cccc(O)c1. The van der Waals surface area contributed by atoms with Crippen LogP contribution < -0.4 is 5.73 Å². The lowest BCUT2D eigenvalue weighted by molar-refractivity contribution is 0.0891. The van der Waals surface area contributed by atoms with Crippen molar-refractivity contribution in [1.82, 2.24) is 4.90 Å². The summed E-state index contributed by atoms with van der Waals surface area (Å²) in [6, 6.07) is 8.59. The van der Waals surface area contributed by atoms with Crippen molar-refractivity contribution in [2.24, 2.45) is 5.73 Å². The third-order valence-electron chi connectivity index (χ3n) is 3.74. The van der Waals surface area contributed by atoms with E-state index in [1.54, 1.807) is 6.07 Å². The van der Waals surface area contributed by atoms with Gasteiger partial charge in [0.05, 0.1) is 0 Å². The quantitative estimate of drug-likeness (QED) is 0.842. The van der Waals surface area contributed by atoms with Crippen molar-refractivity contribution >= 4 is 0 Å². The molecule has 1 aliphatic rings. The number of nitrogens with two attached hydrogens (primary N) is 1. The maximum absolute atomic E-state index is 9.49. The molecule has 0 aliphatic carbocycles. The lowest BCUT2D eigenvalue weighted by Crippen LogP contribution is -2.48. The van der Waals surface area contributed by atoms with Gasteiger partial charge in [-0.2, -0.15) is 0 Å². The number of benzene rings is 1. The molecule has 0 bridgehead atoms. The minimum atomic E-state index is 0.344. The Hall–Kier alpha value is -1.06. The molecular weight excluding hydrogens is 212 g/mol. The summed E-state index contributed by atoms with van der Waals surface area (Å²) < 4.78 is 0. The number of likely N-dealkylation sites (tertiary alicyclic amines) is 1. The molecule has 0 saturated carbocycles. The van der Waals surface area contributed by atoms with Crippen LogP contribution in [0.25, 0.3) is 0 Å². The maximum Gasteiger partial charge on any atom is 0.115 e. The van der Waals surface area contributed by atoms with Crippen LogP contribution in [-0.4, -0.2) is 28.6 Å². The van der Waals surface area contributed by atoms with Crippen LogP contribution in [0.1, 0.15) is 31.7 Å². The average molecular weight is 234 g/mol. The van der Waals surface area contributed by atoms with Gasteiger partial charge in [0.2, 0.25) is 0 Å². The van der Waals surface area contributed by atoms with Crippen LogP contribution in [0.3, 0.4) is 0 Å². The molecule has 1 aliphatic heterocycles. The first-order valence-corrected chi connectivity index (χ1v) is 6.44. The Morgan fingerprint density at radius 3 is 2.94 bits per heavy atom. The average Bonchev–Trinajstić information content (AvgIpc) is 2.32. The standard InChI is InChI=1S/C14H22N2O/c1-11-4-2-6-13(9-15)16(11)10-12-5-3-7-14(17)8-12/h3,5,7-8,11,13,17H,2,4,6,9-10,15H2,1H3. The molecule has 1 heterocycles. The highest BCUT2D eigenvalue weighted by atomic mass is 16.3. The Kier molecular flexibility index (Phi) is 4.02. The topological polar surface area (TPSA) is 49.5 Å². The van der Waals surface area contributed by atoms with Gasteiger partial charge in [0.15, 0.2) is 0 Å². The largest absolute Gasteiger partial charge is 0.508 e. The summed E-state index contributed by atoms with van der Waals surface area (Å²) in [5.41, 5.74) is 7.01. The third-order valence-corrected chi connectivity index (χ3v) is 3.74. The number of phenolic OH excluding ortho intramolecular Hbond substituents is 1. The number of aromatic hydroxyl groups is 1. The maximum atomic E-state index is 9.49. The molecule has 0 radical (unpaired) electrons. The molecule has 17 heavy (non-hydrogen) atoms. The highest BCUT2D eigenvalue weighted by Crippen LogP contribution is 2.25.